The Morgan fingerprint density at radius 2 is 2.08 bits per heavy atom. The molecular weight excluding hydrogens is 354 g/mol. The molecule has 0 saturated carbocycles. The highest BCUT2D eigenvalue weighted by atomic mass is 32.2. The second-order valence-corrected chi connectivity index (χ2v) is 7.95. The van der Waals surface area contributed by atoms with Crippen LogP contribution >= 0.6 is 23.1 Å². The van der Waals surface area contributed by atoms with Gasteiger partial charge in [0.25, 0.3) is 5.91 Å². The van der Waals surface area contributed by atoms with Gasteiger partial charge in [-0.15, -0.1) is 23.1 Å². The number of hydrogen-bond donors (Lipinski definition) is 1. The second kappa shape index (κ2) is 7.84. The van der Waals surface area contributed by atoms with Gasteiger partial charge in [-0.3, -0.25) is 4.79 Å². The van der Waals surface area contributed by atoms with Crippen molar-refractivity contribution >= 4 is 29.0 Å². The van der Waals surface area contributed by atoms with Crippen molar-refractivity contribution in [1.82, 2.24) is 15.5 Å². The van der Waals surface area contributed by atoms with Gasteiger partial charge in [0, 0.05) is 27.3 Å². The van der Waals surface area contributed by atoms with Gasteiger partial charge >= 0.3 is 0 Å². The Kier molecular flexibility index (Phi) is 5.55. The van der Waals surface area contributed by atoms with Gasteiger partial charge in [-0.25, -0.2) is 4.98 Å². The normalized spacial score (nSPS) is 10.8. The molecule has 1 amide bonds. The molecule has 1 N–H and O–H groups in total. The first-order valence-corrected chi connectivity index (χ1v) is 9.68. The monoisotopic (exact) mass is 373 g/mol. The summed E-state index contributed by atoms with van der Waals surface area (Å²) in [7, 11) is 0. The van der Waals surface area contributed by atoms with E-state index >= 15 is 0 Å². The fraction of sp³-hybridized carbons (Fsp3) is 0.278. The van der Waals surface area contributed by atoms with E-state index in [1.165, 1.54) is 0 Å². The average molecular weight is 374 g/mol. The van der Waals surface area contributed by atoms with Gasteiger partial charge in [-0.05, 0) is 32.9 Å². The van der Waals surface area contributed by atoms with Gasteiger partial charge in [-0.1, -0.05) is 17.3 Å². The molecule has 7 heteroatoms. The lowest BCUT2D eigenvalue weighted by atomic mass is 10.2. The number of aryl methyl sites for hydroxylation is 3. The van der Waals surface area contributed by atoms with Gasteiger partial charge in [0.15, 0.2) is 0 Å². The summed E-state index contributed by atoms with van der Waals surface area (Å²) in [6.45, 7) is 6.29. The number of carbonyl (C=O) groups is 1. The van der Waals surface area contributed by atoms with E-state index in [2.05, 4.69) is 15.5 Å². The van der Waals surface area contributed by atoms with Gasteiger partial charge in [0.2, 0.25) is 0 Å². The summed E-state index contributed by atoms with van der Waals surface area (Å²) in [4.78, 5) is 18.8. The number of hydrogen-bond acceptors (Lipinski definition) is 6. The third-order valence-corrected chi connectivity index (χ3v) is 5.79. The van der Waals surface area contributed by atoms with E-state index in [-0.39, 0.29) is 5.91 Å². The number of nitrogens with one attached hydrogen (secondary N) is 1. The molecule has 0 saturated heterocycles. The Bertz CT molecular complexity index is 867. The second-order valence-electron chi connectivity index (χ2n) is 5.62. The Morgan fingerprint density at radius 1 is 1.28 bits per heavy atom. The number of benzene rings is 1. The number of carbonyl (C=O) groups excluding carboxylic acids is 1. The number of aromatic nitrogens is 2. The zero-order valence-corrected chi connectivity index (χ0v) is 16.0. The minimum atomic E-state index is -0.0760. The SMILES string of the molecule is Cc1ncc(CNC(=O)c2ccccc2SCc2c(C)noc2C)s1. The van der Waals surface area contributed by atoms with Crippen LogP contribution in [0.1, 0.15) is 37.3 Å². The summed E-state index contributed by atoms with van der Waals surface area (Å²) in [6, 6.07) is 7.64. The highest BCUT2D eigenvalue weighted by molar-refractivity contribution is 7.98. The van der Waals surface area contributed by atoms with Crippen LogP contribution in [0.4, 0.5) is 0 Å². The summed E-state index contributed by atoms with van der Waals surface area (Å²) in [6.07, 6.45) is 1.80. The number of rotatable bonds is 6. The number of amides is 1. The summed E-state index contributed by atoms with van der Waals surface area (Å²) < 4.78 is 5.20. The quantitative estimate of drug-likeness (QED) is 0.653. The van der Waals surface area contributed by atoms with Gasteiger partial charge in [0.05, 0.1) is 22.8 Å². The first-order chi connectivity index (χ1) is 12.0. The van der Waals surface area contributed by atoms with Gasteiger partial charge < -0.3 is 9.84 Å². The minimum absolute atomic E-state index is 0.0760. The number of nitrogens with zero attached hydrogens (tertiary/aromatic N) is 2. The molecule has 0 bridgehead atoms. The molecule has 5 nitrogen and oxygen atoms in total. The highest BCUT2D eigenvalue weighted by Gasteiger charge is 2.14. The minimum Gasteiger partial charge on any atom is -0.361 e. The third kappa shape index (κ3) is 4.29. The molecule has 0 aliphatic rings. The molecule has 1 aromatic carbocycles. The molecule has 0 spiro atoms. The highest BCUT2D eigenvalue weighted by Crippen LogP contribution is 2.28. The molecule has 0 unspecified atom stereocenters. The maximum atomic E-state index is 12.6. The zero-order chi connectivity index (χ0) is 17.8. The fourth-order valence-electron chi connectivity index (χ4n) is 2.39. The standard InChI is InChI=1S/C18H19N3O2S2/c1-11-16(12(2)23-21-11)10-24-17-7-5-4-6-15(17)18(22)20-9-14-8-19-13(3)25-14/h4-8H,9-10H2,1-3H3,(H,20,22). The smallest absolute Gasteiger partial charge is 0.252 e. The summed E-state index contributed by atoms with van der Waals surface area (Å²) in [5, 5.41) is 7.95. The number of thiazole rings is 1. The lowest BCUT2D eigenvalue weighted by Crippen LogP contribution is -2.22. The Morgan fingerprint density at radius 3 is 2.76 bits per heavy atom. The molecule has 2 aromatic heterocycles. The van der Waals surface area contributed by atoms with E-state index in [0.717, 1.165) is 37.6 Å². The molecular formula is C18H19N3O2S2. The molecule has 0 aliphatic carbocycles. The van der Waals surface area contributed by atoms with Crippen LogP contribution in [0.15, 0.2) is 39.9 Å². The van der Waals surface area contributed by atoms with E-state index in [4.69, 9.17) is 4.52 Å². The molecule has 0 fully saturated rings. The van der Waals surface area contributed by atoms with Crippen LogP contribution < -0.4 is 5.32 Å². The maximum Gasteiger partial charge on any atom is 0.252 e. The molecule has 0 radical (unpaired) electrons. The van der Waals surface area contributed by atoms with Crippen molar-refractivity contribution in [3.05, 3.63) is 62.9 Å². The first kappa shape index (κ1) is 17.7. The Hall–Kier alpha value is -2.12. The van der Waals surface area contributed by atoms with Crippen LogP contribution in [0.3, 0.4) is 0 Å². The van der Waals surface area contributed by atoms with E-state index in [1.54, 1.807) is 29.3 Å². The van der Waals surface area contributed by atoms with Crippen molar-refractivity contribution in [3.8, 4) is 0 Å². The lowest BCUT2D eigenvalue weighted by Gasteiger charge is -2.09. The van der Waals surface area contributed by atoms with E-state index in [9.17, 15) is 4.79 Å². The van der Waals surface area contributed by atoms with Crippen LogP contribution in [-0.4, -0.2) is 16.0 Å². The van der Waals surface area contributed by atoms with Crippen molar-refractivity contribution in [2.75, 3.05) is 0 Å². The van der Waals surface area contributed by atoms with Crippen LogP contribution in [0.2, 0.25) is 0 Å². The predicted octanol–water partition coefficient (Wildman–Crippen LogP) is 4.28. The topological polar surface area (TPSA) is 68.0 Å². The van der Waals surface area contributed by atoms with Crippen molar-refractivity contribution in [3.63, 3.8) is 0 Å². The molecule has 3 rings (SSSR count). The molecule has 2 heterocycles. The summed E-state index contributed by atoms with van der Waals surface area (Å²) in [5.74, 6) is 1.47. The largest absolute Gasteiger partial charge is 0.361 e. The third-order valence-electron chi connectivity index (χ3n) is 3.78. The summed E-state index contributed by atoms with van der Waals surface area (Å²) >= 11 is 3.21. The maximum absolute atomic E-state index is 12.6. The van der Waals surface area contributed by atoms with Crippen molar-refractivity contribution < 1.29 is 9.32 Å². The van der Waals surface area contributed by atoms with Crippen LogP contribution in [-0.2, 0) is 12.3 Å². The molecule has 0 atom stereocenters. The first-order valence-electron chi connectivity index (χ1n) is 7.87. The summed E-state index contributed by atoms with van der Waals surface area (Å²) in [5.41, 5.74) is 2.66. The van der Waals surface area contributed by atoms with Crippen LogP contribution in [0.25, 0.3) is 0 Å². The molecule has 130 valence electrons. The molecule has 3 aromatic rings. The zero-order valence-electron chi connectivity index (χ0n) is 14.3. The molecule has 0 aliphatic heterocycles. The number of thioether (sulfide) groups is 1. The van der Waals surface area contributed by atoms with Crippen molar-refractivity contribution in [1.29, 1.82) is 0 Å². The Labute approximate surface area is 154 Å². The lowest BCUT2D eigenvalue weighted by molar-refractivity contribution is 0.0948. The van der Waals surface area contributed by atoms with Gasteiger partial charge in [0.1, 0.15) is 5.76 Å². The fourth-order valence-corrected chi connectivity index (χ4v) is 4.33. The van der Waals surface area contributed by atoms with Crippen LogP contribution in [0.5, 0.6) is 0 Å². The van der Waals surface area contributed by atoms with E-state index in [1.807, 2.05) is 45.0 Å². The van der Waals surface area contributed by atoms with Crippen molar-refractivity contribution in [2.24, 2.45) is 0 Å². The van der Waals surface area contributed by atoms with Gasteiger partial charge in [-0.2, -0.15) is 0 Å². The average Bonchev–Trinajstić information content (AvgIpc) is 3.17. The predicted molar refractivity (Wildman–Crippen MR) is 100 cm³/mol. The van der Waals surface area contributed by atoms with Crippen LogP contribution in [0, 0.1) is 20.8 Å². The molecule has 25 heavy (non-hydrogen) atoms. The van der Waals surface area contributed by atoms with E-state index < -0.39 is 0 Å². The van der Waals surface area contributed by atoms with Crippen molar-refractivity contribution in [2.45, 2.75) is 38.0 Å². The Balaban J connectivity index is 1.68. The van der Waals surface area contributed by atoms with E-state index in [0.29, 0.717) is 12.1 Å².